The molecule has 25 heavy (non-hydrogen) atoms. The third-order valence-corrected chi connectivity index (χ3v) is 4.73. The van der Waals surface area contributed by atoms with Crippen LogP contribution in [-0.2, 0) is 4.79 Å². The normalized spacial score (nSPS) is 11.6. The van der Waals surface area contributed by atoms with Crippen molar-refractivity contribution in [3.63, 3.8) is 0 Å². The van der Waals surface area contributed by atoms with Crippen molar-refractivity contribution in [2.75, 3.05) is 19.4 Å². The minimum absolute atomic E-state index is 0.109. The van der Waals surface area contributed by atoms with Gasteiger partial charge in [0, 0.05) is 28.3 Å². The summed E-state index contributed by atoms with van der Waals surface area (Å²) >= 11 is 7.53. The number of amides is 1. The summed E-state index contributed by atoms with van der Waals surface area (Å²) in [6.07, 6.45) is 0.0699. The zero-order valence-corrected chi connectivity index (χ0v) is 15.9. The number of halogens is 1. The lowest BCUT2D eigenvalue weighted by atomic mass is 10.2. The number of thioether (sulfide) groups is 1. The molecule has 134 valence electrons. The monoisotopic (exact) mass is 379 g/mol. The molecule has 0 aromatic heterocycles. The molecule has 2 rings (SSSR count). The predicted octanol–water partition coefficient (Wildman–Crippen LogP) is 4.41. The van der Waals surface area contributed by atoms with Crippen LogP contribution in [0, 0.1) is 0 Å². The first-order valence-corrected chi connectivity index (χ1v) is 9.45. The lowest BCUT2D eigenvalue weighted by molar-refractivity contribution is -0.127. The van der Waals surface area contributed by atoms with Crippen molar-refractivity contribution in [2.45, 2.75) is 24.3 Å². The minimum Gasteiger partial charge on any atom is -0.497 e. The molecular weight excluding hydrogens is 358 g/mol. The van der Waals surface area contributed by atoms with Gasteiger partial charge in [-0.15, -0.1) is 11.8 Å². The molecule has 1 amide bonds. The topological polar surface area (TPSA) is 47.6 Å². The molecule has 1 atom stereocenters. The average Bonchev–Trinajstić information content (AvgIpc) is 2.64. The van der Waals surface area contributed by atoms with E-state index in [9.17, 15) is 4.79 Å². The third kappa shape index (κ3) is 6.52. The fraction of sp³-hybridized carbons (Fsp3) is 0.316. The number of ether oxygens (including phenoxy) is 2. The highest BCUT2D eigenvalue weighted by atomic mass is 35.5. The largest absolute Gasteiger partial charge is 0.497 e. The number of carbonyl (C=O) groups excluding carboxylic acids is 1. The van der Waals surface area contributed by atoms with Crippen molar-refractivity contribution < 1.29 is 14.3 Å². The van der Waals surface area contributed by atoms with E-state index in [1.807, 2.05) is 49.4 Å². The van der Waals surface area contributed by atoms with Crippen LogP contribution in [0.25, 0.3) is 0 Å². The van der Waals surface area contributed by atoms with Gasteiger partial charge in [-0.05, 0) is 42.8 Å². The lowest BCUT2D eigenvalue weighted by Gasteiger charge is -2.17. The Morgan fingerprint density at radius 1 is 1.20 bits per heavy atom. The Morgan fingerprint density at radius 2 is 1.92 bits per heavy atom. The number of hydrogen-bond acceptors (Lipinski definition) is 4. The van der Waals surface area contributed by atoms with Crippen LogP contribution in [0.15, 0.2) is 53.4 Å². The summed E-state index contributed by atoms with van der Waals surface area (Å²) in [5.74, 6) is 1.99. The molecule has 0 saturated heterocycles. The van der Waals surface area contributed by atoms with E-state index in [4.69, 9.17) is 21.1 Å². The Morgan fingerprint density at radius 3 is 2.60 bits per heavy atom. The Hall–Kier alpha value is -1.85. The molecule has 0 unspecified atom stereocenters. The predicted molar refractivity (Wildman–Crippen MR) is 103 cm³/mol. The van der Waals surface area contributed by atoms with Crippen LogP contribution in [-0.4, -0.2) is 31.4 Å². The SMILES string of the molecule is CC[C@H](Oc1cccc(OC)c1)C(=O)NCCSc1ccc(Cl)cc1. The molecule has 2 aromatic carbocycles. The number of carbonyl (C=O) groups is 1. The van der Waals surface area contributed by atoms with E-state index < -0.39 is 6.10 Å². The van der Waals surface area contributed by atoms with Crippen molar-refractivity contribution in [3.05, 3.63) is 53.6 Å². The molecule has 4 nitrogen and oxygen atoms in total. The van der Waals surface area contributed by atoms with Gasteiger partial charge in [0.25, 0.3) is 5.91 Å². The Bertz CT molecular complexity index is 679. The summed E-state index contributed by atoms with van der Waals surface area (Å²) in [6, 6.07) is 14.9. The standard InChI is InChI=1S/C19H22ClNO3S/c1-3-18(24-16-6-4-5-15(13-16)23-2)19(22)21-11-12-25-17-9-7-14(20)8-10-17/h4-10,13,18H,3,11-12H2,1-2H3,(H,21,22)/t18-/m0/s1. The van der Waals surface area contributed by atoms with Gasteiger partial charge >= 0.3 is 0 Å². The van der Waals surface area contributed by atoms with Crippen LogP contribution >= 0.6 is 23.4 Å². The Labute approximate surface area is 157 Å². The van der Waals surface area contributed by atoms with E-state index >= 15 is 0 Å². The van der Waals surface area contributed by atoms with Gasteiger partial charge in [0.05, 0.1) is 7.11 Å². The van der Waals surface area contributed by atoms with Crippen LogP contribution in [0.5, 0.6) is 11.5 Å². The first kappa shape index (κ1) is 19.5. The summed E-state index contributed by atoms with van der Waals surface area (Å²) in [6.45, 7) is 2.50. The van der Waals surface area contributed by atoms with Gasteiger partial charge in [-0.25, -0.2) is 0 Å². The second-order valence-electron chi connectivity index (χ2n) is 5.29. The maximum Gasteiger partial charge on any atom is 0.261 e. The number of hydrogen-bond donors (Lipinski definition) is 1. The van der Waals surface area contributed by atoms with Gasteiger partial charge in [0.1, 0.15) is 11.5 Å². The fourth-order valence-corrected chi connectivity index (χ4v) is 3.04. The van der Waals surface area contributed by atoms with Crippen LogP contribution in [0.4, 0.5) is 0 Å². The van der Waals surface area contributed by atoms with Crippen molar-refractivity contribution in [1.29, 1.82) is 0 Å². The molecule has 0 saturated carbocycles. The average molecular weight is 380 g/mol. The quantitative estimate of drug-likeness (QED) is 0.517. The van der Waals surface area contributed by atoms with E-state index in [-0.39, 0.29) is 5.91 Å². The number of rotatable bonds is 9. The smallest absolute Gasteiger partial charge is 0.261 e. The van der Waals surface area contributed by atoms with E-state index in [1.165, 1.54) is 0 Å². The summed E-state index contributed by atoms with van der Waals surface area (Å²) in [7, 11) is 1.60. The van der Waals surface area contributed by atoms with Crippen LogP contribution < -0.4 is 14.8 Å². The molecule has 1 N–H and O–H groups in total. The molecule has 0 heterocycles. The van der Waals surface area contributed by atoms with Gasteiger partial charge in [0.15, 0.2) is 6.10 Å². The second kappa shape index (κ2) is 10.2. The molecule has 0 radical (unpaired) electrons. The van der Waals surface area contributed by atoms with Crippen molar-refractivity contribution in [3.8, 4) is 11.5 Å². The zero-order valence-electron chi connectivity index (χ0n) is 14.3. The van der Waals surface area contributed by atoms with E-state index in [0.29, 0.717) is 24.5 Å². The molecule has 6 heteroatoms. The molecule has 0 aliphatic carbocycles. The summed E-state index contributed by atoms with van der Waals surface area (Å²) in [4.78, 5) is 13.4. The van der Waals surface area contributed by atoms with E-state index in [0.717, 1.165) is 15.7 Å². The van der Waals surface area contributed by atoms with Gasteiger partial charge in [-0.3, -0.25) is 4.79 Å². The maximum atomic E-state index is 12.3. The summed E-state index contributed by atoms with van der Waals surface area (Å²) in [5.41, 5.74) is 0. The molecule has 0 aliphatic heterocycles. The minimum atomic E-state index is -0.521. The van der Waals surface area contributed by atoms with Crippen LogP contribution in [0.2, 0.25) is 5.02 Å². The molecular formula is C19H22ClNO3S. The van der Waals surface area contributed by atoms with Gasteiger partial charge in [0.2, 0.25) is 0 Å². The number of methoxy groups -OCH3 is 1. The number of nitrogens with one attached hydrogen (secondary N) is 1. The second-order valence-corrected chi connectivity index (χ2v) is 6.89. The maximum absolute atomic E-state index is 12.3. The Balaban J connectivity index is 1.78. The van der Waals surface area contributed by atoms with Crippen molar-refractivity contribution in [1.82, 2.24) is 5.32 Å². The highest BCUT2D eigenvalue weighted by molar-refractivity contribution is 7.99. The lowest BCUT2D eigenvalue weighted by Crippen LogP contribution is -2.39. The highest BCUT2D eigenvalue weighted by Crippen LogP contribution is 2.21. The summed E-state index contributed by atoms with van der Waals surface area (Å²) < 4.78 is 11.0. The van der Waals surface area contributed by atoms with Crippen molar-refractivity contribution >= 4 is 29.3 Å². The highest BCUT2D eigenvalue weighted by Gasteiger charge is 2.18. The molecule has 0 aliphatic rings. The molecule has 0 spiro atoms. The first-order chi connectivity index (χ1) is 12.1. The van der Waals surface area contributed by atoms with Crippen LogP contribution in [0.3, 0.4) is 0 Å². The van der Waals surface area contributed by atoms with Gasteiger partial charge in [-0.1, -0.05) is 24.6 Å². The number of benzene rings is 2. The zero-order chi connectivity index (χ0) is 18.1. The van der Waals surface area contributed by atoms with Crippen molar-refractivity contribution in [2.24, 2.45) is 0 Å². The van der Waals surface area contributed by atoms with Crippen LogP contribution in [0.1, 0.15) is 13.3 Å². The van der Waals surface area contributed by atoms with Gasteiger partial charge in [-0.2, -0.15) is 0 Å². The molecule has 2 aromatic rings. The fourth-order valence-electron chi connectivity index (χ4n) is 2.15. The summed E-state index contributed by atoms with van der Waals surface area (Å²) in [5, 5.41) is 3.64. The Kier molecular flexibility index (Phi) is 7.95. The van der Waals surface area contributed by atoms with Gasteiger partial charge < -0.3 is 14.8 Å². The van der Waals surface area contributed by atoms with E-state index in [2.05, 4.69) is 5.32 Å². The molecule has 0 bridgehead atoms. The third-order valence-electron chi connectivity index (χ3n) is 3.47. The first-order valence-electron chi connectivity index (χ1n) is 8.09. The molecule has 0 fully saturated rings. The van der Waals surface area contributed by atoms with E-state index in [1.54, 1.807) is 24.9 Å².